The van der Waals surface area contributed by atoms with E-state index in [9.17, 15) is 9.90 Å². The number of ether oxygens (including phenoxy) is 1. The summed E-state index contributed by atoms with van der Waals surface area (Å²) in [4.78, 5) is 12.3. The van der Waals surface area contributed by atoms with E-state index in [0.29, 0.717) is 24.3 Å². The lowest BCUT2D eigenvalue weighted by Crippen LogP contribution is -3.00. The molecule has 4 N–H and O–H groups in total. The number of halogens is 1. The number of carbonyl (C=O) groups excluding carboxylic acids is 1. The topological polar surface area (TPSA) is 83.4 Å². The van der Waals surface area contributed by atoms with E-state index in [1.807, 2.05) is 42.6 Å². The quantitative estimate of drug-likeness (QED) is 0.431. The predicted molar refractivity (Wildman–Crippen MR) is 95.6 cm³/mol. The number of nitrogens with two attached hydrogens (primary N) is 1. The number of ketones is 1. The molecule has 0 heterocycles. The van der Waals surface area contributed by atoms with E-state index >= 15 is 0 Å². The Balaban J connectivity index is 0.00000338. The molecular weight excluding hydrogens is 354 g/mol. The van der Waals surface area contributed by atoms with Gasteiger partial charge in [0, 0.05) is 5.56 Å². The summed E-state index contributed by atoms with van der Waals surface area (Å²) in [5.41, 5.74) is 1.48. The third-order valence-corrected chi connectivity index (χ3v) is 4.07. The Labute approximate surface area is 160 Å². The van der Waals surface area contributed by atoms with Gasteiger partial charge >= 0.3 is 0 Å². The standard InChI is InChI=1S/C20H25NO4.ClH/c1-15(20(24)16-6-3-2-4-7-16)21-11-10-19(23)17-8-5-9-18(14-17)25-13-12-22;/h2-9,14-15,20-22,24H,10-13H2,1H3;1H. The highest BCUT2D eigenvalue weighted by Crippen LogP contribution is 2.15. The maximum absolute atomic E-state index is 12.3. The first-order valence-corrected chi connectivity index (χ1v) is 8.55. The lowest BCUT2D eigenvalue weighted by atomic mass is 10.0. The van der Waals surface area contributed by atoms with Crippen molar-refractivity contribution in [2.24, 2.45) is 0 Å². The Kier molecular flexibility index (Phi) is 9.91. The maximum atomic E-state index is 12.3. The van der Waals surface area contributed by atoms with Crippen LogP contribution in [0.3, 0.4) is 0 Å². The van der Waals surface area contributed by atoms with Crippen molar-refractivity contribution < 1.29 is 37.5 Å². The zero-order valence-corrected chi connectivity index (χ0v) is 15.6. The van der Waals surface area contributed by atoms with Crippen molar-refractivity contribution in [3.05, 3.63) is 65.7 Å². The molecule has 2 aromatic carbocycles. The molecule has 0 radical (unpaired) electrons. The van der Waals surface area contributed by atoms with Crippen molar-refractivity contribution in [1.82, 2.24) is 0 Å². The molecule has 2 rings (SSSR count). The number of aliphatic hydroxyl groups is 2. The van der Waals surface area contributed by atoms with Crippen molar-refractivity contribution >= 4 is 5.78 Å². The van der Waals surface area contributed by atoms with Crippen molar-refractivity contribution in [1.29, 1.82) is 0 Å². The Hall–Kier alpha value is -1.92. The van der Waals surface area contributed by atoms with Crippen LogP contribution in [0.15, 0.2) is 54.6 Å². The molecule has 0 amide bonds. The molecule has 0 aliphatic heterocycles. The first kappa shape index (κ1) is 22.1. The van der Waals surface area contributed by atoms with Gasteiger partial charge in [-0.05, 0) is 24.6 Å². The number of rotatable bonds is 10. The normalized spacial score (nSPS) is 12.7. The van der Waals surface area contributed by atoms with Crippen molar-refractivity contribution in [2.75, 3.05) is 19.8 Å². The fraction of sp³-hybridized carbons (Fsp3) is 0.350. The van der Waals surface area contributed by atoms with Gasteiger partial charge in [0.05, 0.1) is 19.6 Å². The maximum Gasteiger partial charge on any atom is 0.168 e. The molecule has 0 bridgehead atoms. The van der Waals surface area contributed by atoms with E-state index in [0.717, 1.165) is 5.56 Å². The summed E-state index contributed by atoms with van der Waals surface area (Å²) in [7, 11) is 0. The lowest BCUT2D eigenvalue weighted by molar-refractivity contribution is -0.693. The van der Waals surface area contributed by atoms with Crippen molar-refractivity contribution in [2.45, 2.75) is 25.5 Å². The van der Waals surface area contributed by atoms with E-state index < -0.39 is 6.10 Å². The summed E-state index contributed by atoms with van der Waals surface area (Å²) in [5, 5.41) is 21.1. The number of aliphatic hydroxyl groups excluding tert-OH is 2. The van der Waals surface area contributed by atoms with Gasteiger partial charge in [0.2, 0.25) is 0 Å². The molecule has 2 atom stereocenters. The average Bonchev–Trinajstić information content (AvgIpc) is 2.66. The smallest absolute Gasteiger partial charge is 0.168 e. The number of Topliss-reactive ketones (excluding diaryl/α,β-unsaturated/α-hetero) is 1. The Morgan fingerprint density at radius 2 is 1.88 bits per heavy atom. The van der Waals surface area contributed by atoms with Crippen molar-refractivity contribution in [3.8, 4) is 5.75 Å². The van der Waals surface area contributed by atoms with Crippen LogP contribution < -0.4 is 22.5 Å². The van der Waals surface area contributed by atoms with E-state index in [2.05, 4.69) is 0 Å². The molecule has 26 heavy (non-hydrogen) atoms. The molecule has 0 fully saturated rings. The van der Waals surface area contributed by atoms with Crippen LogP contribution in [-0.4, -0.2) is 41.8 Å². The van der Waals surface area contributed by atoms with Crippen LogP contribution in [0, 0.1) is 0 Å². The third-order valence-electron chi connectivity index (χ3n) is 4.07. The minimum absolute atomic E-state index is 0. The summed E-state index contributed by atoms with van der Waals surface area (Å²) in [6, 6.07) is 16.5. The zero-order valence-electron chi connectivity index (χ0n) is 14.8. The van der Waals surface area contributed by atoms with Gasteiger partial charge < -0.3 is 32.7 Å². The summed E-state index contributed by atoms with van der Waals surface area (Å²) >= 11 is 0. The molecule has 0 aliphatic carbocycles. The van der Waals surface area contributed by atoms with Gasteiger partial charge in [-0.15, -0.1) is 0 Å². The summed E-state index contributed by atoms with van der Waals surface area (Å²) in [6.45, 7) is 2.70. The van der Waals surface area contributed by atoms with Gasteiger partial charge in [0.15, 0.2) is 5.78 Å². The molecule has 6 heteroatoms. The summed E-state index contributed by atoms with van der Waals surface area (Å²) in [6.07, 6.45) is -0.179. The van der Waals surface area contributed by atoms with E-state index in [1.54, 1.807) is 24.3 Å². The van der Waals surface area contributed by atoms with Gasteiger partial charge in [0.25, 0.3) is 0 Å². The second kappa shape index (κ2) is 11.6. The molecule has 5 nitrogen and oxygen atoms in total. The van der Waals surface area contributed by atoms with E-state index in [4.69, 9.17) is 9.84 Å². The molecule has 2 unspecified atom stereocenters. The fourth-order valence-electron chi connectivity index (χ4n) is 2.63. The monoisotopic (exact) mass is 379 g/mol. The van der Waals surface area contributed by atoms with Crippen LogP contribution in [0.5, 0.6) is 5.75 Å². The zero-order chi connectivity index (χ0) is 18.1. The minimum Gasteiger partial charge on any atom is -1.00 e. The highest BCUT2D eigenvalue weighted by atomic mass is 35.5. The highest BCUT2D eigenvalue weighted by Gasteiger charge is 2.19. The van der Waals surface area contributed by atoms with E-state index in [-0.39, 0.29) is 37.4 Å². The number of carbonyl (C=O) groups is 1. The molecule has 0 saturated heterocycles. The molecule has 142 valence electrons. The van der Waals surface area contributed by atoms with Crippen LogP contribution in [0.25, 0.3) is 0 Å². The van der Waals surface area contributed by atoms with Crippen LogP contribution in [0.1, 0.15) is 35.4 Å². The van der Waals surface area contributed by atoms with Crippen LogP contribution >= 0.6 is 0 Å². The molecule has 0 aliphatic rings. The SMILES string of the molecule is CC([NH2+]CCC(=O)c1cccc(OCCO)c1)C(O)c1ccccc1.[Cl-]. The van der Waals surface area contributed by atoms with Crippen LogP contribution in [0.2, 0.25) is 0 Å². The van der Waals surface area contributed by atoms with Gasteiger partial charge in [-0.2, -0.15) is 0 Å². The minimum atomic E-state index is -0.563. The van der Waals surface area contributed by atoms with Gasteiger partial charge in [-0.3, -0.25) is 4.79 Å². The number of hydrogen-bond acceptors (Lipinski definition) is 4. The Morgan fingerprint density at radius 3 is 2.58 bits per heavy atom. The van der Waals surface area contributed by atoms with Gasteiger partial charge in [-0.25, -0.2) is 0 Å². The fourth-order valence-corrected chi connectivity index (χ4v) is 2.63. The van der Waals surface area contributed by atoms with Gasteiger partial charge in [0.1, 0.15) is 24.5 Å². The molecular formula is C20H26ClNO4. The third kappa shape index (κ3) is 6.77. The lowest BCUT2D eigenvalue weighted by Gasteiger charge is -2.17. The first-order chi connectivity index (χ1) is 12.1. The predicted octanol–water partition coefficient (Wildman–Crippen LogP) is -1.68. The van der Waals surface area contributed by atoms with Crippen LogP contribution in [0.4, 0.5) is 0 Å². The number of quaternary nitrogens is 1. The number of hydrogen-bond donors (Lipinski definition) is 3. The largest absolute Gasteiger partial charge is 1.00 e. The number of benzene rings is 2. The Morgan fingerprint density at radius 1 is 1.15 bits per heavy atom. The molecule has 0 aromatic heterocycles. The molecule has 0 spiro atoms. The highest BCUT2D eigenvalue weighted by molar-refractivity contribution is 5.96. The second-order valence-electron chi connectivity index (χ2n) is 6.01. The Bertz CT molecular complexity index is 666. The summed E-state index contributed by atoms with van der Waals surface area (Å²) < 4.78 is 5.33. The van der Waals surface area contributed by atoms with Crippen molar-refractivity contribution in [3.63, 3.8) is 0 Å². The molecule has 2 aromatic rings. The summed E-state index contributed by atoms with van der Waals surface area (Å²) in [5.74, 6) is 0.615. The first-order valence-electron chi connectivity index (χ1n) is 8.55. The average molecular weight is 380 g/mol. The van der Waals surface area contributed by atoms with Crippen LogP contribution in [-0.2, 0) is 0 Å². The second-order valence-corrected chi connectivity index (χ2v) is 6.01. The van der Waals surface area contributed by atoms with E-state index in [1.165, 1.54) is 0 Å². The molecule has 0 saturated carbocycles. The van der Waals surface area contributed by atoms with Gasteiger partial charge in [-0.1, -0.05) is 42.5 Å².